The third kappa shape index (κ3) is 3.15. The summed E-state index contributed by atoms with van der Waals surface area (Å²) in [5.41, 5.74) is 0.992. The molecule has 0 N–H and O–H groups in total. The van der Waals surface area contributed by atoms with E-state index in [0.717, 1.165) is 24.2 Å². The zero-order valence-corrected chi connectivity index (χ0v) is 12.2. The molecule has 104 valence electrons. The van der Waals surface area contributed by atoms with Crippen molar-refractivity contribution in [1.29, 1.82) is 0 Å². The quantitative estimate of drug-likeness (QED) is 0.756. The SMILES string of the molecule is Clc1nc(-c2ccccc2)nc(C2CCCCCC2)n1. The number of benzene rings is 1. The van der Waals surface area contributed by atoms with Crippen molar-refractivity contribution in [2.75, 3.05) is 0 Å². The number of rotatable bonds is 2. The van der Waals surface area contributed by atoms with Gasteiger partial charge in [-0.2, -0.15) is 4.98 Å². The predicted molar refractivity (Wildman–Crippen MR) is 80.7 cm³/mol. The molecule has 1 heterocycles. The minimum absolute atomic E-state index is 0.304. The Labute approximate surface area is 124 Å². The van der Waals surface area contributed by atoms with Gasteiger partial charge in [0.1, 0.15) is 5.82 Å². The van der Waals surface area contributed by atoms with Crippen LogP contribution in [0.5, 0.6) is 0 Å². The van der Waals surface area contributed by atoms with Gasteiger partial charge in [-0.1, -0.05) is 56.0 Å². The van der Waals surface area contributed by atoms with Crippen LogP contribution in [0.4, 0.5) is 0 Å². The van der Waals surface area contributed by atoms with E-state index in [9.17, 15) is 0 Å². The van der Waals surface area contributed by atoms with Crippen molar-refractivity contribution < 1.29 is 0 Å². The zero-order chi connectivity index (χ0) is 13.8. The summed E-state index contributed by atoms with van der Waals surface area (Å²) in [6, 6.07) is 9.96. The van der Waals surface area contributed by atoms with E-state index in [0.29, 0.717) is 17.0 Å². The van der Waals surface area contributed by atoms with Gasteiger partial charge >= 0.3 is 0 Å². The number of aromatic nitrogens is 3. The molecule has 0 bridgehead atoms. The van der Waals surface area contributed by atoms with Gasteiger partial charge in [-0.15, -0.1) is 0 Å². The summed E-state index contributed by atoms with van der Waals surface area (Å²) in [6.45, 7) is 0. The normalized spacial score (nSPS) is 16.9. The second kappa shape index (κ2) is 6.31. The number of hydrogen-bond donors (Lipinski definition) is 0. The first kappa shape index (κ1) is 13.5. The number of nitrogens with zero attached hydrogens (tertiary/aromatic N) is 3. The molecule has 1 fully saturated rings. The molecule has 0 saturated heterocycles. The van der Waals surface area contributed by atoms with Gasteiger partial charge in [0, 0.05) is 11.5 Å². The highest BCUT2D eigenvalue weighted by Gasteiger charge is 2.19. The van der Waals surface area contributed by atoms with Crippen LogP contribution in [-0.4, -0.2) is 15.0 Å². The third-order valence-corrected chi connectivity index (χ3v) is 4.05. The molecule has 1 saturated carbocycles. The van der Waals surface area contributed by atoms with Crippen LogP contribution < -0.4 is 0 Å². The Balaban J connectivity index is 1.94. The fraction of sp³-hybridized carbons (Fsp3) is 0.438. The lowest BCUT2D eigenvalue weighted by molar-refractivity contribution is 0.558. The fourth-order valence-electron chi connectivity index (χ4n) is 2.80. The van der Waals surface area contributed by atoms with Crippen molar-refractivity contribution >= 4 is 11.6 Å². The van der Waals surface area contributed by atoms with E-state index in [1.165, 1.54) is 25.7 Å². The Morgan fingerprint density at radius 1 is 0.850 bits per heavy atom. The van der Waals surface area contributed by atoms with E-state index in [-0.39, 0.29) is 0 Å². The topological polar surface area (TPSA) is 38.7 Å². The summed E-state index contributed by atoms with van der Waals surface area (Å²) in [6.07, 6.45) is 7.48. The maximum Gasteiger partial charge on any atom is 0.226 e. The van der Waals surface area contributed by atoms with Gasteiger partial charge in [0.2, 0.25) is 5.28 Å². The molecule has 20 heavy (non-hydrogen) atoms. The molecule has 0 atom stereocenters. The predicted octanol–water partition coefficient (Wildman–Crippen LogP) is 4.63. The summed E-state index contributed by atoms with van der Waals surface area (Å²) in [7, 11) is 0. The third-order valence-electron chi connectivity index (χ3n) is 3.88. The largest absolute Gasteiger partial charge is 0.226 e. The van der Waals surface area contributed by atoms with Crippen LogP contribution >= 0.6 is 11.6 Å². The Bertz CT molecular complexity index is 563. The standard InChI is InChI=1S/C16H18ClN3/c17-16-19-14(12-8-4-1-2-5-9-12)18-15(20-16)13-10-6-3-7-11-13/h3,6-7,10-12H,1-2,4-5,8-9H2. The molecular formula is C16H18ClN3. The Kier molecular flexibility index (Phi) is 4.26. The van der Waals surface area contributed by atoms with Crippen LogP contribution in [0.2, 0.25) is 5.28 Å². The van der Waals surface area contributed by atoms with Gasteiger partial charge in [-0.25, -0.2) is 9.97 Å². The average molecular weight is 288 g/mol. The first-order valence-electron chi connectivity index (χ1n) is 7.30. The van der Waals surface area contributed by atoms with Crippen LogP contribution in [0.25, 0.3) is 11.4 Å². The highest BCUT2D eigenvalue weighted by molar-refractivity contribution is 6.28. The lowest BCUT2D eigenvalue weighted by atomic mass is 9.99. The number of hydrogen-bond acceptors (Lipinski definition) is 3. The molecule has 1 aromatic carbocycles. The van der Waals surface area contributed by atoms with E-state index >= 15 is 0 Å². The molecule has 0 aliphatic heterocycles. The lowest BCUT2D eigenvalue weighted by Gasteiger charge is -2.13. The second-order valence-corrected chi connectivity index (χ2v) is 5.68. The van der Waals surface area contributed by atoms with Crippen LogP contribution in [0.1, 0.15) is 50.3 Å². The van der Waals surface area contributed by atoms with Crippen molar-refractivity contribution in [3.05, 3.63) is 41.4 Å². The molecule has 0 spiro atoms. The summed E-state index contributed by atoms with van der Waals surface area (Å²) >= 11 is 6.10. The van der Waals surface area contributed by atoms with Gasteiger partial charge in [-0.3, -0.25) is 0 Å². The lowest BCUT2D eigenvalue weighted by Crippen LogP contribution is -2.06. The molecule has 0 amide bonds. The van der Waals surface area contributed by atoms with Gasteiger partial charge < -0.3 is 0 Å². The molecule has 1 aromatic heterocycles. The van der Waals surface area contributed by atoms with Crippen molar-refractivity contribution in [2.45, 2.75) is 44.4 Å². The molecule has 1 aliphatic carbocycles. The van der Waals surface area contributed by atoms with E-state index in [2.05, 4.69) is 15.0 Å². The van der Waals surface area contributed by atoms with Crippen molar-refractivity contribution in [1.82, 2.24) is 15.0 Å². The van der Waals surface area contributed by atoms with Gasteiger partial charge in [0.15, 0.2) is 5.82 Å². The van der Waals surface area contributed by atoms with Crippen molar-refractivity contribution in [3.63, 3.8) is 0 Å². The fourth-order valence-corrected chi connectivity index (χ4v) is 2.97. The molecule has 4 heteroatoms. The van der Waals surface area contributed by atoms with E-state index in [4.69, 9.17) is 11.6 Å². The van der Waals surface area contributed by atoms with E-state index < -0.39 is 0 Å². The van der Waals surface area contributed by atoms with Gasteiger partial charge in [0.05, 0.1) is 0 Å². The van der Waals surface area contributed by atoms with Crippen LogP contribution in [-0.2, 0) is 0 Å². The molecule has 3 nitrogen and oxygen atoms in total. The summed E-state index contributed by atoms with van der Waals surface area (Å²) in [5.74, 6) is 1.98. The average Bonchev–Trinajstić information content (AvgIpc) is 2.77. The molecule has 1 aliphatic rings. The molecule has 3 rings (SSSR count). The maximum atomic E-state index is 6.10. The van der Waals surface area contributed by atoms with Crippen molar-refractivity contribution in [3.8, 4) is 11.4 Å². The molecule has 2 aromatic rings. The number of halogens is 1. The van der Waals surface area contributed by atoms with Crippen LogP contribution in [0.15, 0.2) is 30.3 Å². The highest BCUT2D eigenvalue weighted by atomic mass is 35.5. The highest BCUT2D eigenvalue weighted by Crippen LogP contribution is 2.30. The first-order valence-corrected chi connectivity index (χ1v) is 7.67. The van der Waals surface area contributed by atoms with E-state index in [1.54, 1.807) is 0 Å². The Hall–Kier alpha value is -1.48. The van der Waals surface area contributed by atoms with Gasteiger partial charge in [0.25, 0.3) is 0 Å². The van der Waals surface area contributed by atoms with E-state index in [1.807, 2.05) is 30.3 Å². The minimum Gasteiger partial charge on any atom is -0.213 e. The smallest absolute Gasteiger partial charge is 0.213 e. The monoisotopic (exact) mass is 287 g/mol. The second-order valence-electron chi connectivity index (χ2n) is 5.34. The van der Waals surface area contributed by atoms with Crippen molar-refractivity contribution in [2.24, 2.45) is 0 Å². The van der Waals surface area contributed by atoms with Crippen LogP contribution in [0.3, 0.4) is 0 Å². The minimum atomic E-state index is 0.304. The maximum absolute atomic E-state index is 6.10. The summed E-state index contributed by atoms with van der Waals surface area (Å²) < 4.78 is 0. The molecular weight excluding hydrogens is 270 g/mol. The summed E-state index contributed by atoms with van der Waals surface area (Å²) in [5, 5.41) is 0.304. The Morgan fingerprint density at radius 3 is 2.25 bits per heavy atom. The zero-order valence-electron chi connectivity index (χ0n) is 11.4. The Morgan fingerprint density at radius 2 is 1.55 bits per heavy atom. The molecule has 0 radical (unpaired) electrons. The van der Waals surface area contributed by atoms with Crippen LogP contribution in [0, 0.1) is 0 Å². The first-order chi connectivity index (χ1) is 9.83. The summed E-state index contributed by atoms with van der Waals surface area (Å²) in [4.78, 5) is 13.3. The van der Waals surface area contributed by atoms with Gasteiger partial charge in [-0.05, 0) is 24.4 Å². The molecule has 0 unspecified atom stereocenters.